The first kappa shape index (κ1) is 11.1. The fraction of sp³-hybridized carbons (Fsp3) is 0.300. The van der Waals surface area contributed by atoms with Gasteiger partial charge in [0.2, 0.25) is 5.82 Å². The Hall–Kier alpha value is -1.96. The summed E-state index contributed by atoms with van der Waals surface area (Å²) in [6.07, 6.45) is 0. The van der Waals surface area contributed by atoms with E-state index in [1.165, 1.54) is 26.0 Å². The number of rotatable bonds is 2. The van der Waals surface area contributed by atoms with Crippen LogP contribution in [0.5, 0.6) is 0 Å². The number of nitrogens with zero attached hydrogens (tertiary/aromatic N) is 2. The molecule has 0 amide bonds. The SMILES string of the molecule is CC(C)(C#N)c1cccc(F)c1[N+](=O)[O-]. The van der Waals surface area contributed by atoms with Crippen LogP contribution in [-0.2, 0) is 5.41 Å². The molecule has 0 heterocycles. The monoisotopic (exact) mass is 208 g/mol. The van der Waals surface area contributed by atoms with Crippen molar-refractivity contribution in [2.75, 3.05) is 0 Å². The quantitative estimate of drug-likeness (QED) is 0.554. The molecule has 0 fully saturated rings. The van der Waals surface area contributed by atoms with Crippen LogP contribution in [0.2, 0.25) is 0 Å². The molecule has 78 valence electrons. The van der Waals surface area contributed by atoms with Gasteiger partial charge in [-0.15, -0.1) is 0 Å². The zero-order chi connectivity index (χ0) is 11.6. The van der Waals surface area contributed by atoms with Gasteiger partial charge in [-0.05, 0) is 19.9 Å². The highest BCUT2D eigenvalue weighted by Gasteiger charge is 2.31. The standard InChI is InChI=1S/C10H9FN2O2/c1-10(2,6-12)7-4-3-5-8(11)9(7)13(14)15/h3-5H,1-2H3. The van der Waals surface area contributed by atoms with Gasteiger partial charge in [-0.25, -0.2) is 0 Å². The van der Waals surface area contributed by atoms with Crippen LogP contribution in [-0.4, -0.2) is 4.92 Å². The van der Waals surface area contributed by atoms with E-state index in [1.807, 2.05) is 6.07 Å². The summed E-state index contributed by atoms with van der Waals surface area (Å²) in [6, 6.07) is 5.67. The molecular formula is C10H9FN2O2. The molecule has 0 aliphatic heterocycles. The predicted molar refractivity (Wildman–Crippen MR) is 51.7 cm³/mol. The normalized spacial score (nSPS) is 10.8. The van der Waals surface area contributed by atoms with E-state index in [4.69, 9.17) is 5.26 Å². The van der Waals surface area contributed by atoms with Gasteiger partial charge in [0.25, 0.3) is 0 Å². The Labute approximate surface area is 86.1 Å². The van der Waals surface area contributed by atoms with Gasteiger partial charge >= 0.3 is 5.69 Å². The van der Waals surface area contributed by atoms with Gasteiger partial charge in [0, 0.05) is 0 Å². The van der Waals surface area contributed by atoms with Gasteiger partial charge in [0.1, 0.15) is 0 Å². The summed E-state index contributed by atoms with van der Waals surface area (Å²) < 4.78 is 13.2. The topological polar surface area (TPSA) is 66.9 Å². The van der Waals surface area contributed by atoms with E-state index in [2.05, 4.69) is 0 Å². The van der Waals surface area contributed by atoms with E-state index in [0.717, 1.165) is 6.07 Å². The van der Waals surface area contributed by atoms with Gasteiger partial charge in [-0.2, -0.15) is 9.65 Å². The highest BCUT2D eigenvalue weighted by atomic mass is 19.1. The predicted octanol–water partition coefficient (Wildman–Crippen LogP) is 2.54. The minimum Gasteiger partial charge on any atom is -0.258 e. The van der Waals surface area contributed by atoms with Crippen molar-refractivity contribution in [1.29, 1.82) is 5.26 Å². The number of halogens is 1. The summed E-state index contributed by atoms with van der Waals surface area (Å²) in [5.74, 6) is -0.916. The molecule has 0 spiro atoms. The molecule has 0 aromatic heterocycles. The van der Waals surface area contributed by atoms with Crippen LogP contribution in [0.3, 0.4) is 0 Å². The molecule has 0 N–H and O–H groups in total. The zero-order valence-electron chi connectivity index (χ0n) is 8.32. The maximum absolute atomic E-state index is 13.2. The molecule has 1 aromatic carbocycles. The zero-order valence-corrected chi connectivity index (χ0v) is 8.32. The van der Waals surface area contributed by atoms with Crippen LogP contribution in [0.25, 0.3) is 0 Å². The Kier molecular flexibility index (Phi) is 2.71. The van der Waals surface area contributed by atoms with Crippen LogP contribution < -0.4 is 0 Å². The lowest BCUT2D eigenvalue weighted by Gasteiger charge is -2.15. The van der Waals surface area contributed by atoms with E-state index in [-0.39, 0.29) is 5.56 Å². The molecule has 0 saturated carbocycles. The van der Waals surface area contributed by atoms with Crippen LogP contribution in [0.1, 0.15) is 19.4 Å². The molecule has 0 bridgehead atoms. The number of benzene rings is 1. The largest absolute Gasteiger partial charge is 0.309 e. The van der Waals surface area contributed by atoms with Crippen molar-refractivity contribution in [3.05, 3.63) is 39.7 Å². The van der Waals surface area contributed by atoms with E-state index < -0.39 is 21.8 Å². The fourth-order valence-corrected chi connectivity index (χ4v) is 1.27. The Morgan fingerprint density at radius 3 is 2.60 bits per heavy atom. The van der Waals surface area contributed by atoms with Crippen molar-refractivity contribution in [3.8, 4) is 6.07 Å². The maximum atomic E-state index is 13.2. The molecule has 0 atom stereocenters. The summed E-state index contributed by atoms with van der Waals surface area (Å²) in [5, 5.41) is 19.5. The van der Waals surface area contributed by atoms with Crippen LogP contribution >= 0.6 is 0 Å². The molecule has 1 rings (SSSR count). The first-order valence-corrected chi connectivity index (χ1v) is 4.25. The minimum atomic E-state index is -1.08. The molecule has 5 heteroatoms. The van der Waals surface area contributed by atoms with Crippen LogP contribution in [0, 0.1) is 27.3 Å². The van der Waals surface area contributed by atoms with E-state index >= 15 is 0 Å². The second kappa shape index (κ2) is 3.65. The van der Waals surface area contributed by atoms with Crippen molar-refractivity contribution in [2.24, 2.45) is 0 Å². The average molecular weight is 208 g/mol. The Morgan fingerprint density at radius 1 is 1.53 bits per heavy atom. The molecule has 0 aliphatic carbocycles. The van der Waals surface area contributed by atoms with Crippen molar-refractivity contribution >= 4 is 5.69 Å². The number of nitro groups is 1. The summed E-state index contributed by atoms with van der Waals surface area (Å²) in [6.45, 7) is 3.02. The van der Waals surface area contributed by atoms with Crippen molar-refractivity contribution in [2.45, 2.75) is 19.3 Å². The van der Waals surface area contributed by atoms with E-state index in [0.29, 0.717) is 0 Å². The van der Waals surface area contributed by atoms with Gasteiger partial charge in [0.15, 0.2) is 0 Å². The molecule has 0 aliphatic rings. The third-order valence-corrected chi connectivity index (χ3v) is 2.12. The summed E-state index contributed by atoms with van der Waals surface area (Å²) in [5.41, 5.74) is -1.61. The third kappa shape index (κ3) is 1.94. The van der Waals surface area contributed by atoms with Crippen LogP contribution in [0.15, 0.2) is 18.2 Å². The Morgan fingerprint density at radius 2 is 2.13 bits per heavy atom. The smallest absolute Gasteiger partial charge is 0.258 e. The number of hydrogen-bond acceptors (Lipinski definition) is 3. The molecular weight excluding hydrogens is 199 g/mol. The second-order valence-electron chi connectivity index (χ2n) is 3.63. The summed E-state index contributed by atoms with van der Waals surface area (Å²) >= 11 is 0. The molecule has 1 aromatic rings. The van der Waals surface area contributed by atoms with E-state index in [1.54, 1.807) is 0 Å². The van der Waals surface area contributed by atoms with Crippen molar-refractivity contribution in [1.82, 2.24) is 0 Å². The van der Waals surface area contributed by atoms with Crippen molar-refractivity contribution < 1.29 is 9.31 Å². The summed E-state index contributed by atoms with van der Waals surface area (Å²) in [4.78, 5) is 9.86. The lowest BCUT2D eigenvalue weighted by molar-refractivity contribution is -0.388. The maximum Gasteiger partial charge on any atom is 0.309 e. The van der Waals surface area contributed by atoms with Gasteiger partial charge in [-0.3, -0.25) is 10.1 Å². The van der Waals surface area contributed by atoms with Gasteiger partial charge < -0.3 is 0 Å². The number of para-hydroxylation sites is 1. The highest BCUT2D eigenvalue weighted by Crippen LogP contribution is 2.32. The van der Waals surface area contributed by atoms with Crippen molar-refractivity contribution in [3.63, 3.8) is 0 Å². The minimum absolute atomic E-state index is 0.0926. The van der Waals surface area contributed by atoms with Gasteiger partial charge in [-0.1, -0.05) is 12.1 Å². The Bertz CT molecular complexity index is 449. The van der Waals surface area contributed by atoms with Gasteiger partial charge in [0.05, 0.1) is 22.0 Å². The number of nitriles is 1. The van der Waals surface area contributed by atoms with E-state index in [9.17, 15) is 14.5 Å². The molecule has 0 unspecified atom stereocenters. The lowest BCUT2D eigenvalue weighted by atomic mass is 9.85. The number of hydrogen-bond donors (Lipinski definition) is 0. The number of nitro benzene ring substituents is 1. The first-order chi connectivity index (χ1) is 6.90. The molecule has 4 nitrogen and oxygen atoms in total. The van der Waals surface area contributed by atoms with Crippen LogP contribution in [0.4, 0.5) is 10.1 Å². The first-order valence-electron chi connectivity index (χ1n) is 4.25. The Balaban J connectivity index is 3.51. The molecule has 0 radical (unpaired) electrons. The molecule has 15 heavy (non-hydrogen) atoms. The average Bonchev–Trinajstić information content (AvgIpc) is 2.16. The summed E-state index contributed by atoms with van der Waals surface area (Å²) in [7, 11) is 0. The molecule has 0 saturated heterocycles. The highest BCUT2D eigenvalue weighted by molar-refractivity contribution is 5.48. The fourth-order valence-electron chi connectivity index (χ4n) is 1.27. The lowest BCUT2D eigenvalue weighted by Crippen LogP contribution is -2.16. The second-order valence-corrected chi connectivity index (χ2v) is 3.63. The third-order valence-electron chi connectivity index (χ3n) is 2.12.